The zero-order chi connectivity index (χ0) is 13.8. The van der Waals surface area contributed by atoms with Gasteiger partial charge < -0.3 is 15.0 Å². The minimum Gasteiger partial charge on any atom is -0.485 e. The molecule has 1 amide bonds. The van der Waals surface area contributed by atoms with Gasteiger partial charge in [-0.15, -0.1) is 0 Å². The molecule has 0 radical (unpaired) electrons. The predicted molar refractivity (Wildman–Crippen MR) is 62.9 cm³/mol. The van der Waals surface area contributed by atoms with Crippen LogP contribution < -0.4 is 10.5 Å². The van der Waals surface area contributed by atoms with Gasteiger partial charge in [0.05, 0.1) is 0 Å². The minimum absolute atomic E-state index is 0.0345. The summed E-state index contributed by atoms with van der Waals surface area (Å²) in [6, 6.07) is 4.01. The quantitative estimate of drug-likeness (QED) is 0.883. The molecule has 0 saturated heterocycles. The van der Waals surface area contributed by atoms with Crippen LogP contribution in [0.15, 0.2) is 22.7 Å². The summed E-state index contributed by atoms with van der Waals surface area (Å²) in [6.45, 7) is 1.84. The first-order valence-corrected chi connectivity index (χ1v) is 5.64. The summed E-state index contributed by atoms with van der Waals surface area (Å²) in [6.07, 6.45) is 0.611. The Labute approximate surface area is 108 Å². The Bertz CT molecular complexity index is 598. The van der Waals surface area contributed by atoms with Gasteiger partial charge in [-0.2, -0.15) is 4.98 Å². The lowest BCUT2D eigenvalue weighted by atomic mass is 10.2. The second-order valence-corrected chi connectivity index (χ2v) is 3.72. The standard InChI is InChI=1S/C12H12FN3O3/c1-2-10-15-9(16-19-10)6-18-8-5-3-4-7(13)11(8)12(14)17/h3-5H,2,6H2,1H3,(H2,14,17). The Kier molecular flexibility index (Phi) is 3.74. The average Bonchev–Trinajstić information content (AvgIpc) is 2.83. The Morgan fingerprint density at radius 2 is 2.32 bits per heavy atom. The number of hydrogen-bond acceptors (Lipinski definition) is 5. The molecule has 2 aromatic rings. The van der Waals surface area contributed by atoms with E-state index in [1.54, 1.807) is 0 Å². The first kappa shape index (κ1) is 13.0. The summed E-state index contributed by atoms with van der Waals surface area (Å²) in [5.41, 5.74) is 4.81. The van der Waals surface area contributed by atoms with Crippen molar-refractivity contribution >= 4 is 5.91 Å². The highest BCUT2D eigenvalue weighted by Crippen LogP contribution is 2.21. The largest absolute Gasteiger partial charge is 0.485 e. The van der Waals surface area contributed by atoms with E-state index in [-0.39, 0.29) is 17.9 Å². The van der Waals surface area contributed by atoms with Gasteiger partial charge in [0.2, 0.25) is 11.7 Å². The Balaban J connectivity index is 2.15. The van der Waals surface area contributed by atoms with Crippen molar-refractivity contribution in [2.75, 3.05) is 0 Å². The van der Waals surface area contributed by atoms with Gasteiger partial charge in [-0.25, -0.2) is 4.39 Å². The highest BCUT2D eigenvalue weighted by molar-refractivity contribution is 5.95. The summed E-state index contributed by atoms with van der Waals surface area (Å²) in [7, 11) is 0. The molecule has 0 spiro atoms. The maximum absolute atomic E-state index is 13.5. The molecule has 6 nitrogen and oxygen atoms in total. The first-order chi connectivity index (χ1) is 9.11. The zero-order valence-corrected chi connectivity index (χ0v) is 10.2. The van der Waals surface area contributed by atoms with Crippen molar-refractivity contribution in [2.45, 2.75) is 20.0 Å². The van der Waals surface area contributed by atoms with E-state index in [9.17, 15) is 9.18 Å². The SMILES string of the molecule is CCc1nc(COc2cccc(F)c2C(N)=O)no1. The molecule has 0 bridgehead atoms. The fraction of sp³-hybridized carbons (Fsp3) is 0.250. The molecule has 0 aliphatic carbocycles. The number of nitrogens with two attached hydrogens (primary N) is 1. The monoisotopic (exact) mass is 265 g/mol. The fourth-order valence-corrected chi connectivity index (χ4v) is 1.50. The van der Waals surface area contributed by atoms with Crippen molar-refractivity contribution in [1.82, 2.24) is 10.1 Å². The summed E-state index contributed by atoms with van der Waals surface area (Å²) < 4.78 is 23.6. The highest BCUT2D eigenvalue weighted by atomic mass is 19.1. The molecule has 2 N–H and O–H groups in total. The van der Waals surface area contributed by atoms with Crippen LogP contribution >= 0.6 is 0 Å². The molecule has 0 unspecified atom stereocenters. The van der Waals surface area contributed by atoms with E-state index in [4.69, 9.17) is 15.0 Å². The number of carbonyl (C=O) groups excluding carboxylic acids is 1. The number of aryl methyl sites for hydroxylation is 1. The van der Waals surface area contributed by atoms with Crippen molar-refractivity contribution in [3.8, 4) is 5.75 Å². The van der Waals surface area contributed by atoms with Gasteiger partial charge in [0.25, 0.3) is 5.91 Å². The van der Waals surface area contributed by atoms with E-state index in [1.165, 1.54) is 12.1 Å². The number of halogens is 1. The van der Waals surface area contributed by atoms with Crippen molar-refractivity contribution < 1.29 is 18.4 Å². The van der Waals surface area contributed by atoms with Crippen LogP contribution in [0.1, 0.15) is 29.0 Å². The van der Waals surface area contributed by atoms with Crippen LogP contribution in [-0.2, 0) is 13.0 Å². The maximum atomic E-state index is 13.5. The second-order valence-electron chi connectivity index (χ2n) is 3.72. The van der Waals surface area contributed by atoms with Gasteiger partial charge in [-0.1, -0.05) is 18.1 Å². The van der Waals surface area contributed by atoms with Crippen LogP contribution in [0.5, 0.6) is 5.75 Å². The van der Waals surface area contributed by atoms with E-state index >= 15 is 0 Å². The highest BCUT2D eigenvalue weighted by Gasteiger charge is 2.16. The lowest BCUT2D eigenvalue weighted by Crippen LogP contribution is -2.15. The maximum Gasteiger partial charge on any atom is 0.255 e. The van der Waals surface area contributed by atoms with Crippen molar-refractivity contribution in [3.05, 3.63) is 41.3 Å². The molecule has 7 heteroatoms. The van der Waals surface area contributed by atoms with Crippen LogP contribution in [0.4, 0.5) is 4.39 Å². The molecule has 1 aromatic carbocycles. The third kappa shape index (κ3) is 2.87. The summed E-state index contributed by atoms with van der Waals surface area (Å²) in [5.74, 6) is -0.775. The van der Waals surface area contributed by atoms with Crippen molar-refractivity contribution in [2.24, 2.45) is 5.73 Å². The van der Waals surface area contributed by atoms with Crippen LogP contribution in [0.2, 0.25) is 0 Å². The molecule has 100 valence electrons. The van der Waals surface area contributed by atoms with Crippen molar-refractivity contribution in [3.63, 3.8) is 0 Å². The van der Waals surface area contributed by atoms with E-state index < -0.39 is 11.7 Å². The zero-order valence-electron chi connectivity index (χ0n) is 10.2. The topological polar surface area (TPSA) is 91.2 Å². The lowest BCUT2D eigenvalue weighted by molar-refractivity contribution is 0.0991. The first-order valence-electron chi connectivity index (χ1n) is 5.64. The minimum atomic E-state index is -0.893. The molecule has 1 heterocycles. The molecular weight excluding hydrogens is 253 g/mol. The van der Waals surface area contributed by atoms with Gasteiger partial charge in [0.15, 0.2) is 6.61 Å². The molecule has 2 rings (SSSR count). The van der Waals surface area contributed by atoms with E-state index in [2.05, 4.69) is 10.1 Å². The summed E-state index contributed by atoms with van der Waals surface area (Å²) in [4.78, 5) is 15.2. The van der Waals surface area contributed by atoms with Gasteiger partial charge in [0, 0.05) is 6.42 Å². The third-order valence-electron chi connectivity index (χ3n) is 2.39. The molecule has 1 aromatic heterocycles. The molecule has 0 aliphatic rings. The van der Waals surface area contributed by atoms with Crippen LogP contribution in [0.3, 0.4) is 0 Å². The van der Waals surface area contributed by atoms with Crippen LogP contribution in [-0.4, -0.2) is 16.0 Å². The number of hydrogen-bond donors (Lipinski definition) is 1. The molecule has 0 fully saturated rings. The summed E-state index contributed by atoms with van der Waals surface area (Å²) >= 11 is 0. The van der Waals surface area contributed by atoms with Gasteiger partial charge in [0.1, 0.15) is 17.1 Å². The number of rotatable bonds is 5. The molecule has 0 aliphatic heterocycles. The van der Waals surface area contributed by atoms with Crippen molar-refractivity contribution in [1.29, 1.82) is 0 Å². The summed E-state index contributed by atoms with van der Waals surface area (Å²) in [5, 5.41) is 3.68. The molecule has 19 heavy (non-hydrogen) atoms. The van der Waals surface area contributed by atoms with Crippen LogP contribution in [0.25, 0.3) is 0 Å². The van der Waals surface area contributed by atoms with Gasteiger partial charge >= 0.3 is 0 Å². The third-order valence-corrected chi connectivity index (χ3v) is 2.39. The smallest absolute Gasteiger partial charge is 0.255 e. The number of nitrogens with zero attached hydrogens (tertiary/aromatic N) is 2. The number of ether oxygens (including phenoxy) is 1. The van der Waals surface area contributed by atoms with Crippen LogP contribution in [0, 0.1) is 5.82 Å². The molecule has 0 atom stereocenters. The van der Waals surface area contributed by atoms with Gasteiger partial charge in [-0.3, -0.25) is 4.79 Å². The van der Waals surface area contributed by atoms with E-state index in [0.717, 1.165) is 6.07 Å². The number of carbonyl (C=O) groups is 1. The Morgan fingerprint density at radius 1 is 1.53 bits per heavy atom. The normalized spacial score (nSPS) is 10.4. The van der Waals surface area contributed by atoms with E-state index in [0.29, 0.717) is 18.1 Å². The van der Waals surface area contributed by atoms with Gasteiger partial charge in [-0.05, 0) is 12.1 Å². The number of benzene rings is 1. The predicted octanol–water partition coefficient (Wildman–Crippen LogP) is 1.45. The average molecular weight is 265 g/mol. The lowest BCUT2D eigenvalue weighted by Gasteiger charge is -2.08. The number of aromatic nitrogens is 2. The Morgan fingerprint density at radius 3 is 2.95 bits per heavy atom. The second kappa shape index (κ2) is 5.47. The number of primary amides is 1. The molecule has 0 saturated carbocycles. The van der Waals surface area contributed by atoms with E-state index in [1.807, 2.05) is 6.92 Å². The fourth-order valence-electron chi connectivity index (χ4n) is 1.50. The number of amides is 1. The molecular formula is C12H12FN3O3. The Hall–Kier alpha value is -2.44.